The van der Waals surface area contributed by atoms with Crippen LogP contribution in [0.25, 0.3) is 11.4 Å². The van der Waals surface area contributed by atoms with Gasteiger partial charge >= 0.3 is 0 Å². The number of nitrogens with zero attached hydrogens (tertiary/aromatic N) is 3. The number of sulfonamides is 1. The molecule has 0 spiro atoms. The van der Waals surface area contributed by atoms with Crippen LogP contribution in [0.4, 0.5) is 5.69 Å². The first-order valence-electron chi connectivity index (χ1n) is 9.43. The molecule has 1 fully saturated rings. The Balaban J connectivity index is 1.61. The lowest BCUT2D eigenvalue weighted by molar-refractivity contribution is 0.0730. The summed E-state index contributed by atoms with van der Waals surface area (Å²) in [7, 11) is -3.81. The number of anilines is 1. The smallest absolute Gasteiger partial charge is 0.257 e. The number of benzene rings is 2. The Morgan fingerprint density at radius 3 is 2.63 bits per heavy atom. The summed E-state index contributed by atoms with van der Waals surface area (Å²) in [6, 6.07) is 13.3. The molecule has 0 radical (unpaired) electrons. The molecule has 3 aromatic rings. The van der Waals surface area contributed by atoms with Gasteiger partial charge in [0.2, 0.25) is 10.0 Å². The summed E-state index contributed by atoms with van der Waals surface area (Å²) in [6.07, 6.45) is 0. The van der Waals surface area contributed by atoms with Gasteiger partial charge in [0.05, 0.1) is 23.7 Å². The maximum Gasteiger partial charge on any atom is 0.257 e. The van der Waals surface area contributed by atoms with E-state index in [0.29, 0.717) is 30.5 Å². The van der Waals surface area contributed by atoms with Crippen molar-refractivity contribution >= 4 is 21.6 Å². The average molecular weight is 427 g/mol. The minimum absolute atomic E-state index is 0.0230. The molecule has 0 bridgehead atoms. The van der Waals surface area contributed by atoms with Gasteiger partial charge in [0, 0.05) is 24.3 Å². The van der Waals surface area contributed by atoms with Crippen molar-refractivity contribution in [3.8, 4) is 11.4 Å². The summed E-state index contributed by atoms with van der Waals surface area (Å²) in [4.78, 5) is 17.2. The highest BCUT2D eigenvalue weighted by Crippen LogP contribution is 2.24. The summed E-state index contributed by atoms with van der Waals surface area (Å²) in [5, 5.41) is 9.68. The number of H-pyrrole nitrogens is 1. The lowest BCUT2D eigenvalue weighted by Crippen LogP contribution is -2.41. The molecule has 1 aliphatic heterocycles. The van der Waals surface area contributed by atoms with Gasteiger partial charge in [-0.25, -0.2) is 13.4 Å². The van der Waals surface area contributed by atoms with Crippen molar-refractivity contribution in [2.45, 2.75) is 11.8 Å². The quantitative estimate of drug-likeness (QED) is 0.644. The number of aryl methyl sites for hydroxylation is 1. The van der Waals surface area contributed by atoms with E-state index in [1.54, 1.807) is 37.3 Å². The van der Waals surface area contributed by atoms with Gasteiger partial charge in [0.1, 0.15) is 5.82 Å². The minimum Gasteiger partial charge on any atom is -0.379 e. The molecule has 2 N–H and O–H groups in total. The molecule has 30 heavy (non-hydrogen) atoms. The topological polar surface area (TPSA) is 117 Å². The molecular formula is C20H21N5O4S. The number of ether oxygens (including phenoxy) is 1. The Morgan fingerprint density at radius 1 is 1.13 bits per heavy atom. The van der Waals surface area contributed by atoms with Crippen molar-refractivity contribution < 1.29 is 17.9 Å². The third-order valence-corrected chi connectivity index (χ3v) is 6.65. The van der Waals surface area contributed by atoms with Crippen LogP contribution >= 0.6 is 0 Å². The van der Waals surface area contributed by atoms with E-state index in [0.717, 1.165) is 5.56 Å². The molecule has 0 aliphatic carbocycles. The summed E-state index contributed by atoms with van der Waals surface area (Å²) in [5.41, 5.74) is 1.33. The second-order valence-electron chi connectivity index (χ2n) is 6.79. The zero-order chi connectivity index (χ0) is 21.1. The molecule has 0 saturated carbocycles. The molecule has 1 aromatic heterocycles. The van der Waals surface area contributed by atoms with Gasteiger partial charge in [0.15, 0.2) is 5.82 Å². The monoisotopic (exact) mass is 427 g/mol. The van der Waals surface area contributed by atoms with Gasteiger partial charge in [-0.05, 0) is 31.2 Å². The van der Waals surface area contributed by atoms with E-state index in [1.165, 1.54) is 16.4 Å². The molecule has 0 unspecified atom stereocenters. The van der Waals surface area contributed by atoms with Crippen LogP contribution in [0.3, 0.4) is 0 Å². The van der Waals surface area contributed by atoms with Gasteiger partial charge in [-0.1, -0.05) is 24.3 Å². The zero-order valence-corrected chi connectivity index (χ0v) is 17.1. The van der Waals surface area contributed by atoms with Crippen LogP contribution in [-0.4, -0.2) is 60.1 Å². The number of aromatic nitrogens is 3. The van der Waals surface area contributed by atoms with E-state index in [4.69, 9.17) is 4.74 Å². The molecule has 2 aromatic carbocycles. The van der Waals surface area contributed by atoms with E-state index in [9.17, 15) is 13.2 Å². The first kappa shape index (κ1) is 20.2. The van der Waals surface area contributed by atoms with Crippen LogP contribution in [0.2, 0.25) is 0 Å². The van der Waals surface area contributed by atoms with E-state index in [-0.39, 0.29) is 23.5 Å². The highest BCUT2D eigenvalue weighted by atomic mass is 32.2. The number of amides is 1. The van der Waals surface area contributed by atoms with Gasteiger partial charge < -0.3 is 10.1 Å². The summed E-state index contributed by atoms with van der Waals surface area (Å²) in [6.45, 7) is 2.99. The first-order chi connectivity index (χ1) is 14.4. The predicted octanol–water partition coefficient (Wildman–Crippen LogP) is 2.05. The maximum atomic E-state index is 13.1. The SMILES string of the molecule is Cc1nc(-c2cccc(NC(=O)c3ccccc3S(=O)(=O)N3CCOCC3)c2)n[nH]1. The van der Waals surface area contributed by atoms with Gasteiger partial charge in [-0.2, -0.15) is 9.40 Å². The highest BCUT2D eigenvalue weighted by Gasteiger charge is 2.30. The number of aromatic amines is 1. The van der Waals surface area contributed by atoms with E-state index < -0.39 is 15.9 Å². The molecular weight excluding hydrogens is 406 g/mol. The molecule has 1 saturated heterocycles. The fourth-order valence-corrected chi connectivity index (χ4v) is 4.81. The Morgan fingerprint density at radius 2 is 1.90 bits per heavy atom. The van der Waals surface area contributed by atoms with Crippen molar-refractivity contribution in [2.75, 3.05) is 31.6 Å². The fourth-order valence-electron chi connectivity index (χ4n) is 3.21. The van der Waals surface area contributed by atoms with E-state index in [1.807, 2.05) is 6.07 Å². The standard InChI is InChI=1S/C20H21N5O4S/c1-14-21-19(24-23-14)15-5-4-6-16(13-15)22-20(26)17-7-2-3-8-18(17)30(27,28)25-9-11-29-12-10-25/h2-8,13H,9-12H2,1H3,(H,22,26)(H,21,23,24). The van der Waals surface area contributed by atoms with Gasteiger partial charge in [-0.15, -0.1) is 0 Å². The Hall–Kier alpha value is -3.08. The lowest BCUT2D eigenvalue weighted by Gasteiger charge is -2.26. The number of carbonyl (C=O) groups is 1. The van der Waals surface area contributed by atoms with E-state index in [2.05, 4.69) is 20.5 Å². The van der Waals surface area contributed by atoms with Crippen molar-refractivity contribution in [2.24, 2.45) is 0 Å². The van der Waals surface area contributed by atoms with Crippen LogP contribution < -0.4 is 5.32 Å². The average Bonchev–Trinajstić information content (AvgIpc) is 3.21. The maximum absolute atomic E-state index is 13.1. The first-order valence-corrected chi connectivity index (χ1v) is 10.9. The van der Waals surface area contributed by atoms with Gasteiger partial charge in [0.25, 0.3) is 5.91 Å². The number of nitrogens with one attached hydrogen (secondary N) is 2. The van der Waals surface area contributed by atoms with Crippen molar-refractivity contribution in [1.29, 1.82) is 0 Å². The Kier molecular flexibility index (Phi) is 5.62. The molecule has 2 heterocycles. The third-order valence-electron chi connectivity index (χ3n) is 4.70. The predicted molar refractivity (Wildman–Crippen MR) is 111 cm³/mol. The number of hydrogen-bond donors (Lipinski definition) is 2. The Labute approximate surface area is 174 Å². The fraction of sp³-hybridized carbons (Fsp3) is 0.250. The molecule has 156 valence electrons. The second-order valence-corrected chi connectivity index (χ2v) is 8.70. The van der Waals surface area contributed by atoms with Crippen LogP contribution in [0.15, 0.2) is 53.4 Å². The van der Waals surface area contributed by atoms with Crippen molar-refractivity contribution in [1.82, 2.24) is 19.5 Å². The van der Waals surface area contributed by atoms with Gasteiger partial charge in [-0.3, -0.25) is 9.89 Å². The Bertz CT molecular complexity index is 1170. The number of morpholine rings is 1. The third kappa shape index (κ3) is 4.11. The van der Waals surface area contributed by atoms with Crippen molar-refractivity contribution in [3.05, 3.63) is 59.9 Å². The lowest BCUT2D eigenvalue weighted by atomic mass is 10.1. The molecule has 4 rings (SSSR count). The molecule has 1 amide bonds. The minimum atomic E-state index is -3.81. The number of hydrogen-bond acceptors (Lipinski definition) is 6. The zero-order valence-electron chi connectivity index (χ0n) is 16.3. The van der Waals surface area contributed by atoms with Crippen LogP contribution in [-0.2, 0) is 14.8 Å². The molecule has 0 atom stereocenters. The molecule has 1 aliphatic rings. The molecule has 9 nitrogen and oxygen atoms in total. The largest absolute Gasteiger partial charge is 0.379 e. The van der Waals surface area contributed by atoms with Crippen molar-refractivity contribution in [3.63, 3.8) is 0 Å². The van der Waals surface area contributed by atoms with Crippen LogP contribution in [0, 0.1) is 6.92 Å². The van der Waals surface area contributed by atoms with E-state index >= 15 is 0 Å². The summed E-state index contributed by atoms with van der Waals surface area (Å²) >= 11 is 0. The molecule has 10 heteroatoms. The van der Waals surface area contributed by atoms with Crippen LogP contribution in [0.5, 0.6) is 0 Å². The van der Waals surface area contributed by atoms with Crippen LogP contribution in [0.1, 0.15) is 16.2 Å². The normalized spacial score (nSPS) is 15.1. The number of carbonyl (C=O) groups excluding carboxylic acids is 1. The summed E-state index contributed by atoms with van der Waals surface area (Å²) in [5.74, 6) is 0.686. The number of rotatable bonds is 5. The highest BCUT2D eigenvalue weighted by molar-refractivity contribution is 7.89. The summed E-state index contributed by atoms with van der Waals surface area (Å²) < 4.78 is 32.7. The second kappa shape index (κ2) is 8.34.